The van der Waals surface area contributed by atoms with Gasteiger partial charge in [0, 0.05) is 6.40 Å². The summed E-state index contributed by atoms with van der Waals surface area (Å²) in [4.78, 5) is 0. The van der Waals surface area contributed by atoms with E-state index in [9.17, 15) is 5.02 Å². The summed E-state index contributed by atoms with van der Waals surface area (Å²) in [6, 6.07) is 3.71. The Morgan fingerprint density at radius 2 is 1.46 bits per heavy atom. The second-order valence-corrected chi connectivity index (χ2v) is 1.81. The van der Waals surface area contributed by atoms with E-state index in [2.05, 4.69) is 17.1 Å². The minimum Gasteiger partial charge on any atom is -0.875 e. The average Bonchev–Trinajstić information content (AvgIpc) is 2.00. The molecule has 0 aliphatic carbocycles. The van der Waals surface area contributed by atoms with Gasteiger partial charge in [-0.05, 0) is 0 Å². The minimum atomic E-state index is -2.35. The van der Waals surface area contributed by atoms with Gasteiger partial charge in [-0.2, -0.15) is 15.8 Å². The van der Waals surface area contributed by atoms with Crippen LogP contribution in [0.2, 0.25) is 0 Å². The molecule has 0 saturated heterocycles. The number of hydrogen-bond donors (Lipinski definition) is 0. The van der Waals surface area contributed by atoms with Crippen molar-refractivity contribution in [1.82, 2.24) is 0 Å². The van der Waals surface area contributed by atoms with E-state index < -0.39 is 12.0 Å². The molecule has 0 aromatic heterocycles. The van der Waals surface area contributed by atoms with Crippen LogP contribution in [-0.2, 0) is 17.1 Å². The van der Waals surface area contributed by atoms with Crippen LogP contribution in [0.1, 0.15) is 0 Å². The SMILES string of the molecule is N#CC(C#N)(C#N)OB([O-])[S-].[Li+].[Li+]. The van der Waals surface area contributed by atoms with Crippen LogP contribution in [0.25, 0.3) is 0 Å². The maximum Gasteiger partial charge on any atom is 1.00 e. The molecular weight excluding hydrogens is 179 g/mol. The van der Waals surface area contributed by atoms with Crippen LogP contribution in [0.4, 0.5) is 0 Å². The number of rotatable bonds is 2. The molecule has 0 aliphatic rings. The van der Waals surface area contributed by atoms with E-state index in [1.54, 1.807) is 0 Å². The molecule has 0 aromatic carbocycles. The van der Waals surface area contributed by atoms with Gasteiger partial charge in [0.25, 0.3) is 0 Å². The molecule has 0 bridgehead atoms. The van der Waals surface area contributed by atoms with Crippen LogP contribution in [0, 0.1) is 34.0 Å². The van der Waals surface area contributed by atoms with Gasteiger partial charge < -0.3 is 22.2 Å². The summed E-state index contributed by atoms with van der Waals surface area (Å²) in [6.07, 6.45) is -1.98. The van der Waals surface area contributed by atoms with Crippen molar-refractivity contribution in [2.24, 2.45) is 0 Å². The van der Waals surface area contributed by atoms with Crippen LogP contribution in [0.15, 0.2) is 0 Å². The van der Waals surface area contributed by atoms with Gasteiger partial charge in [0.15, 0.2) is 0 Å². The molecule has 54 valence electrons. The van der Waals surface area contributed by atoms with E-state index in [-0.39, 0.29) is 37.7 Å². The molecule has 0 aromatic rings. The molecule has 0 spiro atoms. The first-order chi connectivity index (χ1) is 5.10. The fourth-order valence-electron chi connectivity index (χ4n) is 0.298. The fraction of sp³-hybridized carbons (Fsp3) is 0.250. The topological polar surface area (TPSA) is 104 Å². The van der Waals surface area contributed by atoms with Crippen LogP contribution in [0.3, 0.4) is 0 Å². The second-order valence-electron chi connectivity index (χ2n) is 1.42. The van der Waals surface area contributed by atoms with Gasteiger partial charge in [-0.15, -0.1) is 0 Å². The van der Waals surface area contributed by atoms with Gasteiger partial charge >= 0.3 is 43.3 Å². The van der Waals surface area contributed by atoms with E-state index in [1.807, 2.05) is 0 Å². The maximum atomic E-state index is 10.2. The zero-order chi connectivity index (χ0) is 8.91. The van der Waals surface area contributed by atoms with Gasteiger partial charge in [0.2, 0.25) is 0 Å². The summed E-state index contributed by atoms with van der Waals surface area (Å²) in [7, 11) is 0. The minimum absolute atomic E-state index is 0. The van der Waals surface area contributed by atoms with Gasteiger partial charge in [-0.1, -0.05) is 0 Å². The van der Waals surface area contributed by atoms with Crippen molar-refractivity contribution in [2.45, 2.75) is 5.60 Å². The molecule has 9 heteroatoms. The molecule has 0 fully saturated rings. The molecule has 13 heavy (non-hydrogen) atoms. The number of nitrogens with zero attached hydrogens (tertiary/aromatic N) is 3. The standard InChI is InChI=1S/C4BN3O2S.2Li/c6-1-4(2-7,3-8)10-5(9)11;;/q-2;2*+1. The van der Waals surface area contributed by atoms with E-state index in [0.29, 0.717) is 0 Å². The first-order valence-electron chi connectivity index (χ1n) is 2.33. The Morgan fingerprint density at radius 3 is 1.54 bits per heavy atom. The van der Waals surface area contributed by atoms with Gasteiger partial charge in [0.1, 0.15) is 18.2 Å². The number of hydrogen-bond acceptors (Lipinski definition) is 6. The normalized spacial score (nSPS) is 7.62. The largest absolute Gasteiger partial charge is 1.00 e. The quantitative estimate of drug-likeness (QED) is 0.308. The molecular formula is C4BLi2N3O2S. The summed E-state index contributed by atoms with van der Waals surface area (Å²) >= 11 is 3.99. The van der Waals surface area contributed by atoms with E-state index >= 15 is 0 Å². The van der Waals surface area contributed by atoms with Gasteiger partial charge in [-0.25, -0.2) is 0 Å². The van der Waals surface area contributed by atoms with Crippen molar-refractivity contribution < 1.29 is 47.4 Å². The van der Waals surface area contributed by atoms with E-state index in [1.165, 1.54) is 18.2 Å². The van der Waals surface area contributed by atoms with Crippen LogP contribution >= 0.6 is 0 Å². The molecule has 0 heterocycles. The Morgan fingerprint density at radius 1 is 1.15 bits per heavy atom. The third kappa shape index (κ3) is 6.12. The van der Waals surface area contributed by atoms with E-state index in [0.717, 1.165) is 0 Å². The van der Waals surface area contributed by atoms with Crippen LogP contribution in [-0.4, -0.2) is 12.0 Å². The van der Waals surface area contributed by atoms with Crippen LogP contribution in [0.5, 0.6) is 0 Å². The Kier molecular flexibility index (Phi) is 12.4. The number of nitriles is 3. The molecule has 0 unspecified atom stereocenters. The van der Waals surface area contributed by atoms with Crippen molar-refractivity contribution in [3.63, 3.8) is 0 Å². The van der Waals surface area contributed by atoms with Gasteiger partial charge in [-0.3, -0.25) is 0 Å². The molecule has 0 aliphatic heterocycles. The Balaban J connectivity index is -0.000000500. The summed E-state index contributed by atoms with van der Waals surface area (Å²) in [5.41, 5.74) is -2.35. The first kappa shape index (κ1) is 18.7. The summed E-state index contributed by atoms with van der Waals surface area (Å²) in [6.45, 7) is 0. The Hall–Kier alpha value is -0.000260. The molecule has 0 N–H and O–H groups in total. The molecule has 0 amide bonds. The first-order valence-corrected chi connectivity index (χ1v) is 2.80. The maximum absolute atomic E-state index is 10.2. The predicted molar refractivity (Wildman–Crippen MR) is 33.8 cm³/mol. The molecule has 0 rings (SSSR count). The van der Waals surface area contributed by atoms with Crippen molar-refractivity contribution in [3.8, 4) is 18.2 Å². The third-order valence-electron chi connectivity index (χ3n) is 0.745. The smallest absolute Gasteiger partial charge is 0.875 e. The van der Waals surface area contributed by atoms with Crippen LogP contribution < -0.4 is 42.7 Å². The Labute approximate surface area is 105 Å². The fourth-order valence-corrected chi connectivity index (χ4v) is 0.443. The summed E-state index contributed by atoms with van der Waals surface area (Å²) in [5.74, 6) is 0. The van der Waals surface area contributed by atoms with Crippen molar-refractivity contribution in [2.75, 3.05) is 0 Å². The summed E-state index contributed by atoms with van der Waals surface area (Å²) < 4.78 is 4.06. The summed E-state index contributed by atoms with van der Waals surface area (Å²) in [5, 5.41) is 34.8. The Bertz CT molecular complexity index is 232. The van der Waals surface area contributed by atoms with Crippen molar-refractivity contribution >= 4 is 18.9 Å². The molecule has 0 atom stereocenters. The molecule has 0 saturated carbocycles. The second kappa shape index (κ2) is 8.59. The molecule has 5 nitrogen and oxygen atoms in total. The monoisotopic (exact) mass is 179 g/mol. The van der Waals surface area contributed by atoms with Gasteiger partial charge in [0.05, 0.1) is 0 Å². The zero-order valence-electron chi connectivity index (χ0n) is 7.14. The zero-order valence-corrected chi connectivity index (χ0v) is 7.96. The third-order valence-corrected chi connectivity index (χ3v) is 0.842. The van der Waals surface area contributed by atoms with Crippen molar-refractivity contribution in [3.05, 3.63) is 0 Å². The molecule has 0 radical (unpaired) electrons. The van der Waals surface area contributed by atoms with Crippen molar-refractivity contribution in [1.29, 1.82) is 15.8 Å². The predicted octanol–water partition coefficient (Wildman–Crippen LogP) is -7.79. The average molecular weight is 179 g/mol. The van der Waals surface area contributed by atoms with E-state index in [4.69, 9.17) is 15.8 Å².